The van der Waals surface area contributed by atoms with Gasteiger partial charge in [-0.3, -0.25) is 0 Å². The van der Waals surface area contributed by atoms with E-state index in [1.54, 1.807) is 12.1 Å². The van der Waals surface area contributed by atoms with E-state index in [-0.39, 0.29) is 10.8 Å². The van der Waals surface area contributed by atoms with Crippen molar-refractivity contribution in [3.8, 4) is 0 Å². The highest BCUT2D eigenvalue weighted by Gasteiger charge is 2.05. The van der Waals surface area contributed by atoms with E-state index >= 15 is 0 Å². The second kappa shape index (κ2) is 8.07. The highest BCUT2D eigenvalue weighted by Crippen LogP contribution is 2.14. The third-order valence-corrected chi connectivity index (χ3v) is 3.33. The highest BCUT2D eigenvalue weighted by molar-refractivity contribution is 7.80. The number of nitrogens with two attached hydrogens (primary N) is 1. The molecular formula is C14H22FN3S. The summed E-state index contributed by atoms with van der Waals surface area (Å²) in [4.78, 5) is 2.45. The molecule has 0 heterocycles. The number of hydrogen-bond donors (Lipinski definition) is 2. The molecule has 0 bridgehead atoms. The first-order valence-electron chi connectivity index (χ1n) is 6.64. The summed E-state index contributed by atoms with van der Waals surface area (Å²) in [6, 6.07) is 4.85. The molecule has 0 aliphatic rings. The summed E-state index contributed by atoms with van der Waals surface area (Å²) in [6.45, 7) is 8.30. The van der Waals surface area contributed by atoms with Gasteiger partial charge in [-0.05, 0) is 44.3 Å². The van der Waals surface area contributed by atoms with Crippen molar-refractivity contribution in [1.29, 1.82) is 0 Å². The molecule has 0 saturated heterocycles. The van der Waals surface area contributed by atoms with Gasteiger partial charge >= 0.3 is 0 Å². The Bertz CT molecular complexity index is 419. The minimum atomic E-state index is -0.374. The van der Waals surface area contributed by atoms with E-state index in [0.29, 0.717) is 5.56 Å². The van der Waals surface area contributed by atoms with Gasteiger partial charge < -0.3 is 16.0 Å². The molecule has 0 fully saturated rings. The Morgan fingerprint density at radius 3 is 2.58 bits per heavy atom. The van der Waals surface area contributed by atoms with Crippen molar-refractivity contribution in [3.05, 3.63) is 29.6 Å². The molecule has 0 amide bonds. The molecule has 1 rings (SSSR count). The Labute approximate surface area is 120 Å². The predicted molar refractivity (Wildman–Crippen MR) is 83.2 cm³/mol. The van der Waals surface area contributed by atoms with Crippen LogP contribution >= 0.6 is 12.2 Å². The Kier molecular flexibility index (Phi) is 6.73. The number of anilines is 1. The van der Waals surface area contributed by atoms with E-state index in [4.69, 9.17) is 18.0 Å². The molecule has 19 heavy (non-hydrogen) atoms. The molecule has 1 aromatic carbocycles. The van der Waals surface area contributed by atoms with Crippen molar-refractivity contribution in [2.75, 3.05) is 31.5 Å². The van der Waals surface area contributed by atoms with Gasteiger partial charge in [0.05, 0.1) is 0 Å². The molecule has 3 nitrogen and oxygen atoms in total. The average Bonchev–Trinajstić information content (AvgIpc) is 2.38. The van der Waals surface area contributed by atoms with Crippen molar-refractivity contribution in [1.82, 2.24) is 4.90 Å². The number of rotatable bonds is 8. The molecule has 5 heteroatoms. The maximum atomic E-state index is 13.6. The van der Waals surface area contributed by atoms with Crippen molar-refractivity contribution in [2.24, 2.45) is 5.73 Å². The van der Waals surface area contributed by atoms with E-state index < -0.39 is 0 Å². The van der Waals surface area contributed by atoms with E-state index in [1.165, 1.54) is 6.07 Å². The van der Waals surface area contributed by atoms with Gasteiger partial charge in [0.25, 0.3) is 0 Å². The van der Waals surface area contributed by atoms with Crippen LogP contribution in [0.2, 0.25) is 0 Å². The Hall–Kier alpha value is -1.20. The van der Waals surface area contributed by atoms with E-state index in [2.05, 4.69) is 24.1 Å². The maximum absolute atomic E-state index is 13.6. The zero-order valence-electron chi connectivity index (χ0n) is 11.6. The fraction of sp³-hybridized carbons (Fsp3) is 0.500. The summed E-state index contributed by atoms with van der Waals surface area (Å²) >= 11 is 4.77. The summed E-state index contributed by atoms with van der Waals surface area (Å²) in [5, 5.41) is 3.20. The quantitative estimate of drug-likeness (QED) is 0.568. The largest absolute Gasteiger partial charge is 0.389 e. The summed E-state index contributed by atoms with van der Waals surface area (Å²) in [6.07, 6.45) is 1.03. The minimum absolute atomic E-state index is 0.0885. The number of hydrogen-bond acceptors (Lipinski definition) is 3. The van der Waals surface area contributed by atoms with Gasteiger partial charge in [-0.2, -0.15) is 0 Å². The summed E-state index contributed by atoms with van der Waals surface area (Å²) in [5.74, 6) is -0.374. The Morgan fingerprint density at radius 1 is 1.37 bits per heavy atom. The van der Waals surface area contributed by atoms with Gasteiger partial charge in [-0.25, -0.2) is 4.39 Å². The predicted octanol–water partition coefficient (Wildman–Crippen LogP) is 2.60. The fourth-order valence-corrected chi connectivity index (χ4v) is 2.07. The lowest BCUT2D eigenvalue weighted by atomic mass is 10.2. The number of benzene rings is 1. The molecule has 0 unspecified atom stereocenters. The number of nitrogens with one attached hydrogen (secondary N) is 1. The molecule has 0 aromatic heterocycles. The standard InChI is InChI=1S/C14H22FN3S/c1-3-18(4-2)9-5-8-17-11-6-7-12(14(16)19)13(15)10-11/h6-7,10,17H,3-5,8-9H2,1-2H3,(H2,16,19). The van der Waals surface area contributed by atoms with Crippen LogP contribution in [0.5, 0.6) is 0 Å². The lowest BCUT2D eigenvalue weighted by Crippen LogP contribution is -2.25. The smallest absolute Gasteiger partial charge is 0.135 e. The molecule has 1 aromatic rings. The molecule has 3 N–H and O–H groups in total. The summed E-state index contributed by atoms with van der Waals surface area (Å²) in [7, 11) is 0. The van der Waals surface area contributed by atoms with Crippen molar-refractivity contribution >= 4 is 22.9 Å². The normalized spacial score (nSPS) is 10.7. The number of thiocarbonyl (C=S) groups is 1. The SMILES string of the molecule is CCN(CC)CCCNc1ccc(C(N)=S)c(F)c1. The Balaban J connectivity index is 2.42. The molecule has 0 atom stereocenters. The van der Waals surface area contributed by atoms with Crippen molar-refractivity contribution < 1.29 is 4.39 Å². The first-order valence-corrected chi connectivity index (χ1v) is 7.04. The zero-order valence-corrected chi connectivity index (χ0v) is 12.4. The number of nitrogens with zero attached hydrogens (tertiary/aromatic N) is 1. The van der Waals surface area contributed by atoms with Gasteiger partial charge in [-0.1, -0.05) is 26.1 Å². The highest BCUT2D eigenvalue weighted by atomic mass is 32.1. The van der Waals surface area contributed by atoms with E-state index in [9.17, 15) is 4.39 Å². The first kappa shape index (κ1) is 15.9. The average molecular weight is 283 g/mol. The lowest BCUT2D eigenvalue weighted by Gasteiger charge is -2.18. The molecule has 106 valence electrons. The van der Waals surface area contributed by atoms with Gasteiger partial charge in [0.1, 0.15) is 10.8 Å². The summed E-state index contributed by atoms with van der Waals surface area (Å²) in [5.41, 5.74) is 6.47. The third kappa shape index (κ3) is 5.12. The first-order chi connectivity index (χ1) is 9.08. The molecule has 0 radical (unpaired) electrons. The third-order valence-electron chi connectivity index (χ3n) is 3.11. The van der Waals surface area contributed by atoms with Gasteiger partial charge in [0.15, 0.2) is 0 Å². The molecular weight excluding hydrogens is 261 g/mol. The molecule has 0 aliphatic carbocycles. The van der Waals surface area contributed by atoms with Crippen LogP contribution in [0.3, 0.4) is 0 Å². The molecule has 0 spiro atoms. The van der Waals surface area contributed by atoms with E-state index in [0.717, 1.165) is 38.3 Å². The topological polar surface area (TPSA) is 41.3 Å². The van der Waals surface area contributed by atoms with Crippen LogP contribution in [0, 0.1) is 5.82 Å². The molecule has 0 saturated carbocycles. The fourth-order valence-electron chi connectivity index (χ4n) is 1.90. The van der Waals surface area contributed by atoms with Crippen LogP contribution in [0.4, 0.5) is 10.1 Å². The monoisotopic (exact) mass is 283 g/mol. The summed E-state index contributed by atoms with van der Waals surface area (Å²) < 4.78 is 13.6. The lowest BCUT2D eigenvalue weighted by molar-refractivity contribution is 0.303. The minimum Gasteiger partial charge on any atom is -0.389 e. The van der Waals surface area contributed by atoms with Crippen LogP contribution in [-0.2, 0) is 0 Å². The Morgan fingerprint density at radius 2 is 2.05 bits per heavy atom. The number of halogens is 1. The zero-order chi connectivity index (χ0) is 14.3. The van der Waals surface area contributed by atoms with Crippen LogP contribution in [0.15, 0.2) is 18.2 Å². The van der Waals surface area contributed by atoms with E-state index in [1.807, 2.05) is 0 Å². The van der Waals surface area contributed by atoms with Gasteiger partial charge in [0.2, 0.25) is 0 Å². The van der Waals surface area contributed by atoms with Crippen LogP contribution in [0.25, 0.3) is 0 Å². The van der Waals surface area contributed by atoms with Crippen LogP contribution in [0.1, 0.15) is 25.8 Å². The maximum Gasteiger partial charge on any atom is 0.135 e. The van der Waals surface area contributed by atoms with Crippen molar-refractivity contribution in [3.63, 3.8) is 0 Å². The van der Waals surface area contributed by atoms with Gasteiger partial charge in [0, 0.05) is 17.8 Å². The molecule has 0 aliphatic heterocycles. The van der Waals surface area contributed by atoms with Crippen LogP contribution < -0.4 is 11.1 Å². The second-order valence-corrected chi connectivity index (χ2v) is 4.81. The van der Waals surface area contributed by atoms with Gasteiger partial charge in [-0.15, -0.1) is 0 Å². The van der Waals surface area contributed by atoms with Crippen molar-refractivity contribution in [2.45, 2.75) is 20.3 Å². The second-order valence-electron chi connectivity index (χ2n) is 4.37. The van der Waals surface area contributed by atoms with Crippen LogP contribution in [-0.4, -0.2) is 36.1 Å².